The molecule has 2 N–H and O–H groups in total. The summed E-state index contributed by atoms with van der Waals surface area (Å²) >= 11 is 5.91. The predicted molar refractivity (Wildman–Crippen MR) is 50.2 cm³/mol. The first-order valence-corrected chi connectivity index (χ1v) is 4.33. The van der Waals surface area contributed by atoms with E-state index in [-0.39, 0.29) is 0 Å². The topological polar surface area (TPSA) is 49.3 Å². The highest BCUT2D eigenvalue weighted by atomic mass is 35.5. The van der Waals surface area contributed by atoms with E-state index in [1.165, 1.54) is 0 Å². The second-order valence-electron chi connectivity index (χ2n) is 3.01. The van der Waals surface area contributed by atoms with Gasteiger partial charge in [-0.3, -0.25) is 0 Å². The third-order valence-corrected chi connectivity index (χ3v) is 2.51. The van der Waals surface area contributed by atoms with E-state index < -0.39 is 12.0 Å². The molecule has 3 nitrogen and oxygen atoms in total. The molecule has 13 heavy (non-hydrogen) atoms. The number of carboxylic acid groups (broad SMARTS) is 1. The van der Waals surface area contributed by atoms with Gasteiger partial charge >= 0.3 is 5.97 Å². The van der Waals surface area contributed by atoms with Crippen LogP contribution in [0.2, 0.25) is 5.02 Å². The van der Waals surface area contributed by atoms with Crippen molar-refractivity contribution in [2.24, 2.45) is 0 Å². The molecule has 1 unspecified atom stereocenters. The van der Waals surface area contributed by atoms with Crippen LogP contribution in [0.4, 0.5) is 5.69 Å². The summed E-state index contributed by atoms with van der Waals surface area (Å²) in [6.07, 6.45) is 0.463. The van der Waals surface area contributed by atoms with Gasteiger partial charge in [0.15, 0.2) is 0 Å². The zero-order chi connectivity index (χ0) is 9.42. The number of hydrogen-bond acceptors (Lipinski definition) is 2. The van der Waals surface area contributed by atoms with Gasteiger partial charge in [0.25, 0.3) is 0 Å². The maximum absolute atomic E-state index is 10.7. The van der Waals surface area contributed by atoms with E-state index in [0.717, 1.165) is 11.3 Å². The molecule has 0 saturated carbocycles. The predicted octanol–water partition coefficient (Wildman–Crippen LogP) is 1.76. The molecule has 68 valence electrons. The van der Waals surface area contributed by atoms with E-state index in [2.05, 4.69) is 5.32 Å². The number of rotatable bonds is 1. The lowest BCUT2D eigenvalue weighted by Crippen LogP contribution is -2.26. The van der Waals surface area contributed by atoms with Crippen LogP contribution in [0.1, 0.15) is 5.56 Å². The van der Waals surface area contributed by atoms with Gasteiger partial charge in [0.05, 0.1) is 0 Å². The van der Waals surface area contributed by atoms with Gasteiger partial charge < -0.3 is 10.4 Å². The molecule has 0 aliphatic carbocycles. The molecule has 4 heteroatoms. The average molecular weight is 198 g/mol. The lowest BCUT2D eigenvalue weighted by Gasteiger charge is -2.03. The van der Waals surface area contributed by atoms with Crippen molar-refractivity contribution in [1.82, 2.24) is 0 Å². The molecule has 1 aromatic rings. The minimum atomic E-state index is -0.840. The summed E-state index contributed by atoms with van der Waals surface area (Å²) in [6.45, 7) is 0. The Morgan fingerprint density at radius 2 is 2.38 bits per heavy atom. The van der Waals surface area contributed by atoms with E-state index in [1.807, 2.05) is 6.07 Å². The van der Waals surface area contributed by atoms with Gasteiger partial charge in [-0.05, 0) is 17.7 Å². The van der Waals surface area contributed by atoms with Gasteiger partial charge in [-0.25, -0.2) is 4.79 Å². The van der Waals surface area contributed by atoms with Crippen molar-refractivity contribution >= 4 is 23.3 Å². The van der Waals surface area contributed by atoms with Crippen molar-refractivity contribution in [3.63, 3.8) is 0 Å². The Morgan fingerprint density at radius 1 is 1.62 bits per heavy atom. The number of anilines is 1. The summed E-state index contributed by atoms with van der Waals surface area (Å²) in [5.74, 6) is -0.840. The second-order valence-corrected chi connectivity index (χ2v) is 3.41. The fourth-order valence-corrected chi connectivity index (χ4v) is 1.74. The summed E-state index contributed by atoms with van der Waals surface area (Å²) < 4.78 is 0. The molecule has 0 amide bonds. The Kier molecular flexibility index (Phi) is 1.88. The number of fused-ring (bicyclic) bond motifs is 1. The third-order valence-electron chi connectivity index (χ3n) is 2.15. The Morgan fingerprint density at radius 3 is 3.00 bits per heavy atom. The summed E-state index contributed by atoms with van der Waals surface area (Å²) in [5.41, 5.74) is 1.73. The number of carboxylic acids is 1. The van der Waals surface area contributed by atoms with E-state index in [4.69, 9.17) is 16.7 Å². The Hall–Kier alpha value is -1.22. The molecule has 0 fully saturated rings. The lowest BCUT2D eigenvalue weighted by molar-refractivity contribution is -0.137. The van der Waals surface area contributed by atoms with E-state index >= 15 is 0 Å². The second kappa shape index (κ2) is 2.92. The van der Waals surface area contributed by atoms with Crippen molar-refractivity contribution in [2.45, 2.75) is 12.5 Å². The zero-order valence-electron chi connectivity index (χ0n) is 6.75. The maximum Gasteiger partial charge on any atom is 0.326 e. The molecule has 1 aliphatic heterocycles. The molecular formula is C9H8ClNO2. The number of benzene rings is 1. The quantitative estimate of drug-likeness (QED) is 0.721. The SMILES string of the molecule is O=C(O)C1Cc2c(Cl)cccc2N1. The monoisotopic (exact) mass is 197 g/mol. The third kappa shape index (κ3) is 1.35. The number of halogens is 1. The molecule has 0 bridgehead atoms. The molecule has 1 aliphatic rings. The molecule has 1 heterocycles. The number of nitrogens with one attached hydrogen (secondary N) is 1. The molecule has 2 rings (SSSR count). The van der Waals surface area contributed by atoms with E-state index in [1.54, 1.807) is 12.1 Å². The summed E-state index contributed by atoms with van der Waals surface area (Å²) in [7, 11) is 0. The summed E-state index contributed by atoms with van der Waals surface area (Å²) in [6, 6.07) is 4.88. The van der Waals surface area contributed by atoms with Crippen LogP contribution >= 0.6 is 11.6 Å². The Balaban J connectivity index is 2.35. The van der Waals surface area contributed by atoms with Crippen molar-refractivity contribution in [3.05, 3.63) is 28.8 Å². The number of carbonyl (C=O) groups is 1. The van der Waals surface area contributed by atoms with Crippen LogP contribution in [0.15, 0.2) is 18.2 Å². The normalized spacial score (nSPS) is 19.3. The smallest absolute Gasteiger partial charge is 0.326 e. The van der Waals surface area contributed by atoms with E-state index in [9.17, 15) is 4.79 Å². The minimum Gasteiger partial charge on any atom is -0.480 e. The Bertz CT molecular complexity index is 365. The van der Waals surface area contributed by atoms with Crippen LogP contribution in [0, 0.1) is 0 Å². The van der Waals surface area contributed by atoms with Crippen molar-refractivity contribution in [2.75, 3.05) is 5.32 Å². The standard InChI is InChI=1S/C9H8ClNO2/c10-6-2-1-3-7-5(6)4-8(11-7)9(12)13/h1-3,8,11H,4H2,(H,12,13). The molecule has 0 radical (unpaired) electrons. The molecular weight excluding hydrogens is 190 g/mol. The van der Waals surface area contributed by atoms with Gasteiger partial charge in [0.1, 0.15) is 6.04 Å². The first-order valence-electron chi connectivity index (χ1n) is 3.95. The van der Waals surface area contributed by atoms with Crippen LogP contribution in [0.25, 0.3) is 0 Å². The average Bonchev–Trinajstić information content (AvgIpc) is 2.49. The number of aliphatic carboxylic acids is 1. The summed E-state index contributed by atoms with van der Waals surface area (Å²) in [5, 5.41) is 12.3. The molecule has 0 aromatic heterocycles. The van der Waals surface area contributed by atoms with Gasteiger partial charge in [-0.1, -0.05) is 17.7 Å². The van der Waals surface area contributed by atoms with Crippen molar-refractivity contribution < 1.29 is 9.90 Å². The Labute approximate surface area is 80.3 Å². The highest BCUT2D eigenvalue weighted by Gasteiger charge is 2.27. The van der Waals surface area contributed by atoms with Crippen LogP contribution in [0.5, 0.6) is 0 Å². The highest BCUT2D eigenvalue weighted by molar-refractivity contribution is 6.31. The minimum absolute atomic E-state index is 0.463. The molecule has 0 spiro atoms. The van der Waals surface area contributed by atoms with Crippen molar-refractivity contribution in [3.8, 4) is 0 Å². The first-order chi connectivity index (χ1) is 6.18. The van der Waals surface area contributed by atoms with Crippen LogP contribution in [0.3, 0.4) is 0 Å². The van der Waals surface area contributed by atoms with Crippen LogP contribution in [-0.4, -0.2) is 17.1 Å². The molecule has 0 saturated heterocycles. The van der Waals surface area contributed by atoms with Gasteiger partial charge in [0.2, 0.25) is 0 Å². The van der Waals surface area contributed by atoms with Crippen LogP contribution < -0.4 is 5.32 Å². The zero-order valence-corrected chi connectivity index (χ0v) is 7.51. The first kappa shape index (κ1) is 8.38. The number of hydrogen-bond donors (Lipinski definition) is 2. The van der Waals surface area contributed by atoms with Crippen LogP contribution in [-0.2, 0) is 11.2 Å². The lowest BCUT2D eigenvalue weighted by atomic mass is 10.1. The molecule has 1 atom stereocenters. The highest BCUT2D eigenvalue weighted by Crippen LogP contribution is 2.31. The van der Waals surface area contributed by atoms with Gasteiger partial charge in [-0.2, -0.15) is 0 Å². The molecule has 1 aromatic carbocycles. The largest absolute Gasteiger partial charge is 0.480 e. The fourth-order valence-electron chi connectivity index (χ4n) is 1.49. The van der Waals surface area contributed by atoms with E-state index in [0.29, 0.717) is 11.4 Å². The summed E-state index contributed by atoms with van der Waals surface area (Å²) in [4.78, 5) is 10.7. The van der Waals surface area contributed by atoms with Gasteiger partial charge in [-0.15, -0.1) is 0 Å². The van der Waals surface area contributed by atoms with Crippen molar-refractivity contribution in [1.29, 1.82) is 0 Å². The fraction of sp³-hybridized carbons (Fsp3) is 0.222. The van der Waals surface area contributed by atoms with Gasteiger partial charge in [0, 0.05) is 17.1 Å². The maximum atomic E-state index is 10.7.